The fraction of sp³-hybridized carbons (Fsp3) is 0.833. The van der Waals surface area contributed by atoms with Crippen molar-refractivity contribution < 1.29 is 9.47 Å². The number of methoxy groups -OCH3 is 1. The highest BCUT2D eigenvalue weighted by Crippen LogP contribution is 2.59. The van der Waals surface area contributed by atoms with Gasteiger partial charge in [-0.3, -0.25) is 0 Å². The maximum Gasteiger partial charge on any atom is 0.146 e. The SMILES string of the molecule is COCOCC1=CCC2CC1C2(C)C. The van der Waals surface area contributed by atoms with Gasteiger partial charge in [-0.25, -0.2) is 0 Å². The Morgan fingerprint density at radius 2 is 2.29 bits per heavy atom. The number of hydrogen-bond donors (Lipinski definition) is 0. The Bertz CT molecular complexity index is 243. The summed E-state index contributed by atoms with van der Waals surface area (Å²) in [6.07, 6.45) is 4.99. The number of hydrogen-bond acceptors (Lipinski definition) is 2. The minimum Gasteiger partial charge on any atom is -0.359 e. The Hall–Kier alpha value is -0.340. The van der Waals surface area contributed by atoms with E-state index in [1.54, 1.807) is 7.11 Å². The molecule has 0 spiro atoms. The Labute approximate surface area is 86.3 Å². The van der Waals surface area contributed by atoms with E-state index in [0.29, 0.717) is 12.2 Å². The minimum absolute atomic E-state index is 0.411. The molecule has 2 nitrogen and oxygen atoms in total. The zero-order chi connectivity index (χ0) is 10.2. The lowest BCUT2D eigenvalue weighted by Gasteiger charge is -2.56. The zero-order valence-corrected chi connectivity index (χ0v) is 9.38. The molecule has 0 aromatic rings. The van der Waals surface area contributed by atoms with Crippen LogP contribution >= 0.6 is 0 Å². The molecule has 0 aliphatic heterocycles. The molecule has 1 saturated carbocycles. The van der Waals surface area contributed by atoms with Crippen molar-refractivity contribution in [1.29, 1.82) is 0 Å². The fourth-order valence-electron chi connectivity index (χ4n) is 2.88. The lowest BCUT2D eigenvalue weighted by molar-refractivity contribution is -0.0482. The van der Waals surface area contributed by atoms with Crippen LogP contribution in [0.15, 0.2) is 11.6 Å². The molecular formula is C12H20O2. The number of rotatable bonds is 4. The van der Waals surface area contributed by atoms with Crippen LogP contribution in [0.3, 0.4) is 0 Å². The molecule has 2 bridgehead atoms. The van der Waals surface area contributed by atoms with Crippen molar-refractivity contribution in [2.75, 3.05) is 20.5 Å². The second-order valence-corrected chi connectivity index (χ2v) is 5.08. The highest BCUT2D eigenvalue weighted by Gasteiger charge is 2.50. The summed E-state index contributed by atoms with van der Waals surface area (Å²) in [5, 5.41) is 0. The van der Waals surface area contributed by atoms with Crippen LogP contribution in [0.2, 0.25) is 0 Å². The van der Waals surface area contributed by atoms with E-state index in [-0.39, 0.29) is 0 Å². The maximum atomic E-state index is 5.42. The largest absolute Gasteiger partial charge is 0.359 e. The van der Waals surface area contributed by atoms with Crippen LogP contribution in [-0.2, 0) is 9.47 Å². The highest BCUT2D eigenvalue weighted by molar-refractivity contribution is 5.23. The zero-order valence-electron chi connectivity index (χ0n) is 9.38. The molecular weight excluding hydrogens is 176 g/mol. The maximum absolute atomic E-state index is 5.42. The van der Waals surface area contributed by atoms with Crippen molar-refractivity contribution in [1.82, 2.24) is 0 Å². The number of fused-ring (bicyclic) bond motifs is 1. The first-order chi connectivity index (χ1) is 6.66. The van der Waals surface area contributed by atoms with Crippen LogP contribution in [0.5, 0.6) is 0 Å². The summed E-state index contributed by atoms with van der Waals surface area (Å²) >= 11 is 0. The molecule has 14 heavy (non-hydrogen) atoms. The second kappa shape index (κ2) is 3.67. The van der Waals surface area contributed by atoms with Gasteiger partial charge >= 0.3 is 0 Å². The van der Waals surface area contributed by atoms with Gasteiger partial charge in [0.15, 0.2) is 0 Å². The first-order valence-corrected chi connectivity index (χ1v) is 5.42. The van der Waals surface area contributed by atoms with E-state index in [1.807, 2.05) is 0 Å². The molecule has 1 fully saturated rings. The Morgan fingerprint density at radius 1 is 1.50 bits per heavy atom. The molecule has 3 aliphatic carbocycles. The van der Waals surface area contributed by atoms with Gasteiger partial charge in [0, 0.05) is 7.11 Å². The topological polar surface area (TPSA) is 18.5 Å². The quantitative estimate of drug-likeness (QED) is 0.391. The first-order valence-electron chi connectivity index (χ1n) is 5.42. The average molecular weight is 196 g/mol. The summed E-state index contributed by atoms with van der Waals surface area (Å²) < 4.78 is 10.3. The third kappa shape index (κ3) is 1.51. The summed E-state index contributed by atoms with van der Waals surface area (Å²) in [6.45, 7) is 5.94. The van der Waals surface area contributed by atoms with E-state index in [1.165, 1.54) is 18.4 Å². The predicted molar refractivity (Wildman–Crippen MR) is 55.9 cm³/mol. The number of ether oxygens (including phenoxy) is 2. The Kier molecular flexibility index (Phi) is 2.67. The Morgan fingerprint density at radius 3 is 2.86 bits per heavy atom. The minimum atomic E-state index is 0.411. The molecule has 2 heteroatoms. The van der Waals surface area contributed by atoms with Gasteiger partial charge < -0.3 is 9.47 Å². The van der Waals surface area contributed by atoms with Crippen molar-refractivity contribution >= 4 is 0 Å². The standard InChI is InChI=1S/C12H20O2/c1-12(2)10-5-4-9(11(12)6-10)7-14-8-13-3/h4,10-11H,5-8H2,1-3H3. The van der Waals surface area contributed by atoms with Gasteiger partial charge in [-0.2, -0.15) is 0 Å². The Balaban J connectivity index is 1.91. The van der Waals surface area contributed by atoms with Gasteiger partial charge in [0.2, 0.25) is 0 Å². The van der Waals surface area contributed by atoms with Crippen molar-refractivity contribution in [3.05, 3.63) is 11.6 Å². The van der Waals surface area contributed by atoms with Crippen LogP contribution in [0.25, 0.3) is 0 Å². The normalized spacial score (nSPS) is 33.5. The summed E-state index contributed by atoms with van der Waals surface area (Å²) in [5.41, 5.74) is 2.01. The highest BCUT2D eigenvalue weighted by atomic mass is 16.7. The van der Waals surface area contributed by atoms with Gasteiger partial charge in [0.25, 0.3) is 0 Å². The fourth-order valence-corrected chi connectivity index (χ4v) is 2.88. The van der Waals surface area contributed by atoms with Crippen LogP contribution in [0.1, 0.15) is 26.7 Å². The molecule has 0 amide bonds. The predicted octanol–water partition coefficient (Wildman–Crippen LogP) is 2.60. The molecule has 2 atom stereocenters. The van der Waals surface area contributed by atoms with Gasteiger partial charge in [0.05, 0.1) is 6.61 Å². The molecule has 3 aliphatic rings. The molecule has 0 N–H and O–H groups in total. The van der Waals surface area contributed by atoms with E-state index in [9.17, 15) is 0 Å². The van der Waals surface area contributed by atoms with E-state index in [0.717, 1.165) is 18.4 Å². The van der Waals surface area contributed by atoms with Crippen LogP contribution in [0.4, 0.5) is 0 Å². The smallest absolute Gasteiger partial charge is 0.146 e. The summed E-state index contributed by atoms with van der Waals surface area (Å²) in [5.74, 6) is 1.68. The monoisotopic (exact) mass is 196 g/mol. The molecule has 0 saturated heterocycles. The summed E-state index contributed by atoms with van der Waals surface area (Å²) in [6, 6.07) is 0. The third-order valence-corrected chi connectivity index (χ3v) is 4.05. The van der Waals surface area contributed by atoms with Gasteiger partial charge in [-0.05, 0) is 35.7 Å². The lowest BCUT2D eigenvalue weighted by atomic mass is 9.49. The molecule has 80 valence electrons. The van der Waals surface area contributed by atoms with Crippen LogP contribution in [-0.4, -0.2) is 20.5 Å². The third-order valence-electron chi connectivity index (χ3n) is 4.05. The van der Waals surface area contributed by atoms with E-state index in [2.05, 4.69) is 19.9 Å². The van der Waals surface area contributed by atoms with Crippen molar-refractivity contribution in [3.63, 3.8) is 0 Å². The van der Waals surface area contributed by atoms with Crippen LogP contribution < -0.4 is 0 Å². The summed E-state index contributed by atoms with van der Waals surface area (Å²) in [7, 11) is 1.67. The van der Waals surface area contributed by atoms with E-state index in [4.69, 9.17) is 9.47 Å². The van der Waals surface area contributed by atoms with E-state index < -0.39 is 0 Å². The molecule has 3 rings (SSSR count). The first kappa shape index (κ1) is 10.2. The summed E-state index contributed by atoms with van der Waals surface area (Å²) in [4.78, 5) is 0. The lowest BCUT2D eigenvalue weighted by Crippen LogP contribution is -2.48. The average Bonchev–Trinajstić information content (AvgIpc) is 2.18. The molecule has 2 unspecified atom stereocenters. The van der Waals surface area contributed by atoms with E-state index >= 15 is 0 Å². The molecule has 0 aromatic carbocycles. The van der Waals surface area contributed by atoms with Crippen LogP contribution in [0, 0.1) is 17.3 Å². The van der Waals surface area contributed by atoms with Gasteiger partial charge in [-0.15, -0.1) is 0 Å². The van der Waals surface area contributed by atoms with Crippen molar-refractivity contribution in [3.8, 4) is 0 Å². The van der Waals surface area contributed by atoms with Gasteiger partial charge in [0.1, 0.15) is 6.79 Å². The van der Waals surface area contributed by atoms with Gasteiger partial charge in [-0.1, -0.05) is 19.9 Å². The second-order valence-electron chi connectivity index (χ2n) is 5.08. The number of allylic oxidation sites excluding steroid dienone is 1. The molecule has 0 heterocycles. The molecule has 0 aromatic heterocycles. The van der Waals surface area contributed by atoms with Crippen molar-refractivity contribution in [2.45, 2.75) is 26.7 Å². The van der Waals surface area contributed by atoms with Crippen molar-refractivity contribution in [2.24, 2.45) is 17.3 Å². The molecule has 0 radical (unpaired) electrons.